The van der Waals surface area contributed by atoms with Crippen LogP contribution in [0.5, 0.6) is 0 Å². The average Bonchev–Trinajstić information content (AvgIpc) is 2.81. The Labute approximate surface area is 129 Å². The molecule has 0 aromatic heterocycles. The maximum atomic E-state index is 10.9. The molecule has 0 saturated carbocycles. The molecule has 1 aliphatic rings. The molecule has 1 aliphatic heterocycles. The largest absolute Gasteiger partial charge is 0.432 e. The summed E-state index contributed by atoms with van der Waals surface area (Å²) >= 11 is 0. The first kappa shape index (κ1) is 17.4. The van der Waals surface area contributed by atoms with Crippen LogP contribution in [0.15, 0.2) is 36.9 Å². The van der Waals surface area contributed by atoms with Crippen molar-refractivity contribution in [2.75, 3.05) is 6.54 Å². The molecular weight excluding hydrogens is 284 g/mol. The van der Waals surface area contributed by atoms with Gasteiger partial charge in [-0.1, -0.05) is 42.5 Å². The highest BCUT2D eigenvalue weighted by molar-refractivity contribution is 6.01. The maximum absolute atomic E-state index is 10.9. The highest BCUT2D eigenvalue weighted by Gasteiger charge is 2.32. The van der Waals surface area contributed by atoms with Gasteiger partial charge in [0.05, 0.1) is 0 Å². The number of hydroxylamine groups is 2. The number of hydrogen-bond donors (Lipinski definition) is 1. The standard InChI is InChI=1S/C9H10.C7H10N2O4/c1-8(2)9-6-4-3-5-7-9;1-2-8-7(12)13-9-5(10)3-4-6(9)11/h3-7H,1H2,2H3;2-4H2,1H3,(H,8,12). The lowest BCUT2D eigenvalue weighted by molar-refractivity contribution is -0.171. The van der Waals surface area contributed by atoms with Gasteiger partial charge in [-0.2, -0.15) is 0 Å². The molecule has 0 aliphatic carbocycles. The van der Waals surface area contributed by atoms with Gasteiger partial charge in [0.25, 0.3) is 11.8 Å². The summed E-state index contributed by atoms with van der Waals surface area (Å²) in [7, 11) is 0. The van der Waals surface area contributed by atoms with E-state index in [0.717, 1.165) is 5.57 Å². The van der Waals surface area contributed by atoms with Gasteiger partial charge in [0.1, 0.15) is 0 Å². The van der Waals surface area contributed by atoms with Crippen molar-refractivity contribution in [2.24, 2.45) is 0 Å². The summed E-state index contributed by atoms with van der Waals surface area (Å²) in [6.07, 6.45) is -0.567. The number of carbonyl (C=O) groups excluding carboxylic acids is 3. The molecule has 0 spiro atoms. The molecule has 1 N–H and O–H groups in total. The molecule has 1 aromatic rings. The quantitative estimate of drug-likeness (QED) is 0.871. The molecule has 118 valence electrons. The lowest BCUT2D eigenvalue weighted by Gasteiger charge is -2.11. The molecule has 3 amide bonds. The number of amides is 3. The van der Waals surface area contributed by atoms with E-state index in [-0.39, 0.29) is 12.8 Å². The second-order valence-electron chi connectivity index (χ2n) is 4.64. The summed E-state index contributed by atoms with van der Waals surface area (Å²) in [5, 5.41) is 2.81. The number of hydrogen-bond acceptors (Lipinski definition) is 4. The summed E-state index contributed by atoms with van der Waals surface area (Å²) in [5.74, 6) is -0.951. The molecule has 0 radical (unpaired) electrons. The Bertz CT molecular complexity index is 539. The molecule has 2 rings (SSSR count). The summed E-state index contributed by atoms with van der Waals surface area (Å²) in [6, 6.07) is 10.2. The van der Waals surface area contributed by atoms with Gasteiger partial charge in [0.15, 0.2) is 0 Å². The van der Waals surface area contributed by atoms with E-state index in [1.165, 1.54) is 5.56 Å². The van der Waals surface area contributed by atoms with Crippen molar-refractivity contribution in [2.45, 2.75) is 26.7 Å². The van der Waals surface area contributed by atoms with Crippen LogP contribution >= 0.6 is 0 Å². The fraction of sp³-hybridized carbons (Fsp3) is 0.312. The van der Waals surface area contributed by atoms with E-state index in [1.54, 1.807) is 6.92 Å². The summed E-state index contributed by atoms with van der Waals surface area (Å²) < 4.78 is 0. The third-order valence-electron chi connectivity index (χ3n) is 2.77. The molecule has 6 heteroatoms. The minimum atomic E-state index is -0.786. The highest BCUT2D eigenvalue weighted by Crippen LogP contribution is 2.11. The first-order chi connectivity index (χ1) is 10.5. The van der Waals surface area contributed by atoms with Crippen molar-refractivity contribution in [3.05, 3.63) is 42.5 Å². The van der Waals surface area contributed by atoms with Crippen LogP contribution in [-0.4, -0.2) is 29.5 Å². The van der Waals surface area contributed by atoms with Crippen LogP contribution < -0.4 is 5.32 Å². The SMILES string of the molecule is C=C(C)c1ccccc1.CCNC(=O)ON1C(=O)CCC1=O. The molecule has 0 atom stereocenters. The Morgan fingerprint density at radius 1 is 1.23 bits per heavy atom. The zero-order chi connectivity index (χ0) is 16.5. The fourth-order valence-electron chi connectivity index (χ4n) is 1.64. The number of carbonyl (C=O) groups is 3. The van der Waals surface area contributed by atoms with Crippen LogP contribution in [0.2, 0.25) is 0 Å². The highest BCUT2D eigenvalue weighted by atomic mass is 16.7. The van der Waals surface area contributed by atoms with Gasteiger partial charge >= 0.3 is 6.09 Å². The number of benzene rings is 1. The van der Waals surface area contributed by atoms with E-state index >= 15 is 0 Å². The van der Waals surface area contributed by atoms with Crippen molar-refractivity contribution < 1.29 is 19.2 Å². The topological polar surface area (TPSA) is 75.7 Å². The van der Waals surface area contributed by atoms with E-state index < -0.39 is 17.9 Å². The Morgan fingerprint density at radius 3 is 2.18 bits per heavy atom. The zero-order valence-corrected chi connectivity index (χ0v) is 12.8. The van der Waals surface area contributed by atoms with Crippen LogP contribution in [0.4, 0.5) is 4.79 Å². The summed E-state index contributed by atoms with van der Waals surface area (Å²) in [6.45, 7) is 7.92. The minimum absolute atomic E-state index is 0.109. The molecule has 1 fully saturated rings. The molecular formula is C16H20N2O4. The number of allylic oxidation sites excluding steroid dienone is 1. The fourth-order valence-corrected chi connectivity index (χ4v) is 1.64. The van der Waals surface area contributed by atoms with E-state index in [4.69, 9.17) is 0 Å². The van der Waals surface area contributed by atoms with E-state index in [0.29, 0.717) is 11.6 Å². The van der Waals surface area contributed by atoms with Crippen LogP contribution in [0, 0.1) is 0 Å². The average molecular weight is 304 g/mol. The van der Waals surface area contributed by atoms with Gasteiger partial charge < -0.3 is 10.2 Å². The number of nitrogens with one attached hydrogen (secondary N) is 1. The van der Waals surface area contributed by atoms with Gasteiger partial charge in [0.2, 0.25) is 0 Å². The maximum Gasteiger partial charge on any atom is 0.432 e. The lowest BCUT2D eigenvalue weighted by Crippen LogP contribution is -2.36. The third-order valence-corrected chi connectivity index (χ3v) is 2.77. The monoisotopic (exact) mass is 304 g/mol. The van der Waals surface area contributed by atoms with E-state index in [9.17, 15) is 14.4 Å². The predicted octanol–water partition coefficient (Wildman–Crippen LogP) is 2.52. The first-order valence-corrected chi connectivity index (χ1v) is 6.98. The Kier molecular flexibility index (Phi) is 6.82. The van der Waals surface area contributed by atoms with E-state index in [1.807, 2.05) is 25.1 Å². The smallest absolute Gasteiger partial charge is 0.320 e. The number of nitrogens with zero attached hydrogens (tertiary/aromatic N) is 1. The van der Waals surface area contributed by atoms with Gasteiger partial charge in [-0.25, -0.2) is 4.79 Å². The van der Waals surface area contributed by atoms with Gasteiger partial charge in [0, 0.05) is 19.4 Å². The summed E-state index contributed by atoms with van der Waals surface area (Å²) in [5.41, 5.74) is 2.34. The molecule has 1 heterocycles. The van der Waals surface area contributed by atoms with Crippen molar-refractivity contribution in [1.82, 2.24) is 10.4 Å². The number of rotatable bonds is 3. The predicted molar refractivity (Wildman–Crippen MR) is 82.4 cm³/mol. The zero-order valence-electron chi connectivity index (χ0n) is 12.8. The van der Waals surface area contributed by atoms with E-state index in [2.05, 4.69) is 28.9 Å². The van der Waals surface area contributed by atoms with Crippen LogP contribution in [0.25, 0.3) is 5.57 Å². The molecule has 0 bridgehead atoms. The van der Waals surface area contributed by atoms with Crippen LogP contribution in [-0.2, 0) is 14.4 Å². The van der Waals surface area contributed by atoms with Gasteiger partial charge in [-0.15, -0.1) is 5.06 Å². The lowest BCUT2D eigenvalue weighted by atomic mass is 10.1. The second-order valence-corrected chi connectivity index (χ2v) is 4.64. The Hall–Kier alpha value is -2.63. The molecule has 0 unspecified atom stereocenters. The second kappa shape index (κ2) is 8.61. The Morgan fingerprint density at radius 2 is 1.77 bits per heavy atom. The molecule has 1 aromatic carbocycles. The third kappa shape index (κ3) is 5.40. The normalized spacial score (nSPS) is 13.3. The summed E-state index contributed by atoms with van der Waals surface area (Å²) in [4.78, 5) is 37.1. The van der Waals surface area contributed by atoms with Gasteiger partial charge in [-0.05, 0) is 19.4 Å². The first-order valence-electron chi connectivity index (χ1n) is 6.98. The minimum Gasteiger partial charge on any atom is -0.320 e. The number of imide groups is 1. The Balaban J connectivity index is 0.000000235. The van der Waals surface area contributed by atoms with Crippen molar-refractivity contribution in [3.63, 3.8) is 0 Å². The molecule has 22 heavy (non-hydrogen) atoms. The van der Waals surface area contributed by atoms with Crippen LogP contribution in [0.3, 0.4) is 0 Å². The van der Waals surface area contributed by atoms with Gasteiger partial charge in [-0.3, -0.25) is 9.59 Å². The molecule has 6 nitrogen and oxygen atoms in total. The van der Waals surface area contributed by atoms with Crippen molar-refractivity contribution >= 4 is 23.5 Å². The van der Waals surface area contributed by atoms with Crippen molar-refractivity contribution in [1.29, 1.82) is 0 Å². The van der Waals surface area contributed by atoms with Crippen molar-refractivity contribution in [3.8, 4) is 0 Å². The molecule has 1 saturated heterocycles. The van der Waals surface area contributed by atoms with Crippen LogP contribution in [0.1, 0.15) is 32.3 Å².